The third-order valence-electron chi connectivity index (χ3n) is 4.74. The SMILES string of the molecule is O=C(Nc1cccc(Cl)c1Cl)C(=O)Nn1c(C(=O)Nc2cc(Cl)cc(Cl)c2)cc2cc(Cl)ccc21. The van der Waals surface area contributed by atoms with Crippen LogP contribution < -0.4 is 16.1 Å². The van der Waals surface area contributed by atoms with Crippen molar-refractivity contribution >= 4 is 98.0 Å². The summed E-state index contributed by atoms with van der Waals surface area (Å²) in [7, 11) is 0. The van der Waals surface area contributed by atoms with Gasteiger partial charge in [0.15, 0.2) is 0 Å². The second kappa shape index (κ2) is 10.4. The van der Waals surface area contributed by atoms with Crippen molar-refractivity contribution in [2.24, 2.45) is 0 Å². The third-order valence-corrected chi connectivity index (χ3v) is 6.23. The molecule has 0 aliphatic rings. The fourth-order valence-corrected chi connectivity index (χ4v) is 4.28. The number of aromatic nitrogens is 1. The number of carbonyl (C=O) groups is 3. The Bertz CT molecular complexity index is 1480. The summed E-state index contributed by atoms with van der Waals surface area (Å²) in [5.74, 6) is -2.69. The Kier molecular flexibility index (Phi) is 7.44. The zero-order valence-electron chi connectivity index (χ0n) is 17.3. The van der Waals surface area contributed by atoms with Crippen LogP contribution in [0.5, 0.6) is 0 Å². The van der Waals surface area contributed by atoms with E-state index in [1.54, 1.807) is 24.3 Å². The zero-order valence-corrected chi connectivity index (χ0v) is 21.1. The summed E-state index contributed by atoms with van der Waals surface area (Å²) >= 11 is 30.1. The predicted molar refractivity (Wildman–Crippen MR) is 141 cm³/mol. The topological polar surface area (TPSA) is 92.2 Å². The summed E-state index contributed by atoms with van der Waals surface area (Å²) in [5.41, 5.74) is 3.35. The minimum absolute atomic E-state index is 0.0142. The van der Waals surface area contributed by atoms with Gasteiger partial charge in [-0.3, -0.25) is 19.8 Å². The lowest BCUT2D eigenvalue weighted by Crippen LogP contribution is -2.36. The van der Waals surface area contributed by atoms with E-state index in [2.05, 4.69) is 16.1 Å². The highest BCUT2D eigenvalue weighted by Gasteiger charge is 2.22. The largest absolute Gasteiger partial charge is 0.328 e. The van der Waals surface area contributed by atoms with Crippen LogP contribution in [0, 0.1) is 0 Å². The molecule has 0 aliphatic carbocycles. The minimum atomic E-state index is -1.06. The lowest BCUT2D eigenvalue weighted by molar-refractivity contribution is -0.133. The van der Waals surface area contributed by atoms with Crippen LogP contribution in [-0.2, 0) is 9.59 Å². The quantitative estimate of drug-likeness (QED) is 0.234. The number of benzene rings is 3. The summed E-state index contributed by atoms with van der Waals surface area (Å²) in [5, 5.41) is 6.96. The summed E-state index contributed by atoms with van der Waals surface area (Å²) < 4.78 is 1.18. The van der Waals surface area contributed by atoms with Crippen molar-refractivity contribution in [1.82, 2.24) is 4.68 Å². The third kappa shape index (κ3) is 5.66. The van der Waals surface area contributed by atoms with Crippen molar-refractivity contribution in [2.45, 2.75) is 0 Å². The molecule has 0 fully saturated rings. The van der Waals surface area contributed by atoms with Crippen LogP contribution in [0.2, 0.25) is 25.1 Å². The van der Waals surface area contributed by atoms with E-state index in [1.807, 2.05) is 0 Å². The van der Waals surface area contributed by atoms with E-state index in [0.717, 1.165) is 0 Å². The van der Waals surface area contributed by atoms with Crippen molar-refractivity contribution in [2.75, 3.05) is 16.1 Å². The molecule has 0 saturated carbocycles. The number of hydrogen-bond donors (Lipinski definition) is 3. The van der Waals surface area contributed by atoms with Crippen LogP contribution >= 0.6 is 58.0 Å². The molecule has 3 N–H and O–H groups in total. The van der Waals surface area contributed by atoms with E-state index in [-0.39, 0.29) is 21.4 Å². The number of carbonyl (C=O) groups excluding carboxylic acids is 3. The molecule has 0 atom stereocenters. The highest BCUT2D eigenvalue weighted by Crippen LogP contribution is 2.30. The molecular formula is C23H13Cl5N4O3. The molecule has 4 rings (SSSR count). The summed E-state index contributed by atoms with van der Waals surface area (Å²) in [6, 6.07) is 15.4. The number of halogens is 5. The Balaban J connectivity index is 1.64. The summed E-state index contributed by atoms with van der Waals surface area (Å²) in [6.45, 7) is 0. The van der Waals surface area contributed by atoms with Crippen molar-refractivity contribution in [3.05, 3.63) is 91.5 Å². The number of nitrogens with one attached hydrogen (secondary N) is 3. The van der Waals surface area contributed by atoms with Gasteiger partial charge in [-0.15, -0.1) is 0 Å². The Hall–Kier alpha value is -2.94. The van der Waals surface area contributed by atoms with E-state index in [4.69, 9.17) is 58.0 Å². The molecule has 1 aromatic heterocycles. The van der Waals surface area contributed by atoms with Crippen molar-refractivity contribution in [3.8, 4) is 0 Å². The lowest BCUT2D eigenvalue weighted by atomic mass is 10.2. The van der Waals surface area contributed by atoms with E-state index in [1.165, 1.54) is 41.1 Å². The van der Waals surface area contributed by atoms with Crippen LogP contribution in [0.25, 0.3) is 10.9 Å². The van der Waals surface area contributed by atoms with Crippen LogP contribution in [0.4, 0.5) is 11.4 Å². The van der Waals surface area contributed by atoms with E-state index >= 15 is 0 Å². The number of nitrogens with zero attached hydrogens (tertiary/aromatic N) is 1. The van der Waals surface area contributed by atoms with Gasteiger partial charge in [-0.05, 0) is 54.6 Å². The number of anilines is 2. The van der Waals surface area contributed by atoms with Crippen molar-refractivity contribution in [1.29, 1.82) is 0 Å². The van der Waals surface area contributed by atoms with Gasteiger partial charge in [0.05, 0.1) is 21.2 Å². The van der Waals surface area contributed by atoms with E-state index in [0.29, 0.717) is 31.7 Å². The number of amides is 3. The second-order valence-corrected chi connectivity index (χ2v) is 9.27. The van der Waals surface area contributed by atoms with E-state index < -0.39 is 17.7 Å². The van der Waals surface area contributed by atoms with Gasteiger partial charge in [0.1, 0.15) is 5.69 Å². The zero-order chi connectivity index (χ0) is 25.3. The first-order valence-electron chi connectivity index (χ1n) is 9.77. The minimum Gasteiger partial charge on any atom is -0.321 e. The van der Waals surface area contributed by atoms with Crippen LogP contribution in [0.15, 0.2) is 60.7 Å². The molecule has 3 amide bonds. The Labute approximate surface area is 223 Å². The molecule has 7 nitrogen and oxygen atoms in total. The number of fused-ring (bicyclic) bond motifs is 1. The molecule has 12 heteroatoms. The molecular weight excluding hydrogens is 558 g/mol. The normalized spacial score (nSPS) is 10.8. The van der Waals surface area contributed by atoms with Crippen LogP contribution in [0.1, 0.15) is 10.5 Å². The van der Waals surface area contributed by atoms with E-state index in [9.17, 15) is 14.4 Å². The van der Waals surface area contributed by atoms with Gasteiger partial charge in [0, 0.05) is 26.1 Å². The van der Waals surface area contributed by atoms with Gasteiger partial charge >= 0.3 is 11.8 Å². The molecule has 0 bridgehead atoms. The molecule has 35 heavy (non-hydrogen) atoms. The fraction of sp³-hybridized carbons (Fsp3) is 0. The maximum absolute atomic E-state index is 13.1. The molecule has 0 saturated heterocycles. The van der Waals surface area contributed by atoms with Crippen LogP contribution in [0.3, 0.4) is 0 Å². The van der Waals surface area contributed by atoms with Crippen molar-refractivity contribution in [3.63, 3.8) is 0 Å². The first-order chi connectivity index (χ1) is 16.6. The maximum atomic E-state index is 13.1. The lowest BCUT2D eigenvalue weighted by Gasteiger charge is -2.13. The van der Waals surface area contributed by atoms with Crippen LogP contribution in [-0.4, -0.2) is 22.4 Å². The Morgan fingerprint density at radius 1 is 0.714 bits per heavy atom. The number of rotatable bonds is 4. The molecule has 0 unspecified atom stereocenters. The van der Waals surface area contributed by atoms with Gasteiger partial charge in [-0.2, -0.15) is 0 Å². The highest BCUT2D eigenvalue weighted by atomic mass is 35.5. The first kappa shape index (κ1) is 25.2. The van der Waals surface area contributed by atoms with Gasteiger partial charge < -0.3 is 10.6 Å². The molecule has 178 valence electrons. The molecule has 0 radical (unpaired) electrons. The van der Waals surface area contributed by atoms with Gasteiger partial charge in [0.25, 0.3) is 5.91 Å². The number of hydrogen-bond acceptors (Lipinski definition) is 3. The highest BCUT2D eigenvalue weighted by molar-refractivity contribution is 6.46. The molecule has 3 aromatic carbocycles. The Morgan fingerprint density at radius 2 is 1.43 bits per heavy atom. The van der Waals surface area contributed by atoms with Gasteiger partial charge in [-0.25, -0.2) is 4.68 Å². The smallest absolute Gasteiger partial charge is 0.321 e. The fourth-order valence-electron chi connectivity index (χ4n) is 3.23. The van der Waals surface area contributed by atoms with Gasteiger partial charge in [-0.1, -0.05) is 64.1 Å². The maximum Gasteiger partial charge on any atom is 0.328 e. The Morgan fingerprint density at radius 3 is 2.14 bits per heavy atom. The summed E-state index contributed by atoms with van der Waals surface area (Å²) in [4.78, 5) is 38.4. The van der Waals surface area contributed by atoms with Gasteiger partial charge in [0.2, 0.25) is 0 Å². The predicted octanol–water partition coefficient (Wildman–Crippen LogP) is 6.87. The summed E-state index contributed by atoms with van der Waals surface area (Å²) in [6.07, 6.45) is 0. The average Bonchev–Trinajstić information content (AvgIpc) is 3.13. The van der Waals surface area contributed by atoms with Crippen molar-refractivity contribution < 1.29 is 14.4 Å². The molecule has 1 heterocycles. The monoisotopic (exact) mass is 568 g/mol. The average molecular weight is 571 g/mol. The second-order valence-electron chi connectivity index (χ2n) is 7.18. The molecule has 0 aliphatic heterocycles. The molecule has 4 aromatic rings. The standard InChI is InChI=1S/C23H13Cl5N4O3/c24-12-4-5-18-11(6-12)7-19(21(33)29-15-9-13(25)8-14(26)10-15)32(18)31-23(35)22(34)30-17-3-1-2-16(27)20(17)28/h1-10H,(H,29,33)(H,30,34)(H,31,35). The molecule has 0 spiro atoms. The first-order valence-corrected chi connectivity index (χ1v) is 11.7.